The van der Waals surface area contributed by atoms with Crippen molar-refractivity contribution in [2.24, 2.45) is 0 Å². The number of benzene rings is 1. The van der Waals surface area contributed by atoms with Crippen molar-refractivity contribution in [1.82, 2.24) is 9.80 Å². The molecule has 3 rings (SSSR count). The summed E-state index contributed by atoms with van der Waals surface area (Å²) in [5.74, 6) is -1.08. The first kappa shape index (κ1) is 17.9. The van der Waals surface area contributed by atoms with Gasteiger partial charge in [0.05, 0.1) is 0 Å². The van der Waals surface area contributed by atoms with Crippen LogP contribution in [0.25, 0.3) is 0 Å². The fraction of sp³-hybridized carbons (Fsp3) is 0.600. The van der Waals surface area contributed by atoms with Crippen molar-refractivity contribution in [3.8, 4) is 0 Å². The first-order valence-corrected chi connectivity index (χ1v) is 9.35. The van der Waals surface area contributed by atoms with E-state index in [1.165, 1.54) is 47.8 Å². The van der Waals surface area contributed by atoms with Gasteiger partial charge in [0.25, 0.3) is 0 Å². The van der Waals surface area contributed by atoms with Gasteiger partial charge in [-0.15, -0.1) is 0 Å². The van der Waals surface area contributed by atoms with E-state index in [4.69, 9.17) is 5.11 Å². The molecule has 1 N–H and O–H groups in total. The maximum atomic E-state index is 11.8. The zero-order valence-electron chi connectivity index (χ0n) is 15.0. The molecule has 5 nitrogen and oxygen atoms in total. The van der Waals surface area contributed by atoms with Crippen LogP contribution in [0.5, 0.6) is 0 Å². The summed E-state index contributed by atoms with van der Waals surface area (Å²) in [6.07, 6.45) is 6.42. The second-order valence-electron chi connectivity index (χ2n) is 7.36. The number of fused-ring (bicyclic) bond motifs is 1. The minimum atomic E-state index is -0.936. The topological polar surface area (TPSA) is 60.9 Å². The summed E-state index contributed by atoms with van der Waals surface area (Å²) in [7, 11) is 0. The van der Waals surface area contributed by atoms with Crippen LogP contribution in [0, 0.1) is 0 Å². The van der Waals surface area contributed by atoms with Gasteiger partial charge in [0.1, 0.15) is 6.54 Å². The molecule has 2 aliphatic rings. The molecule has 0 bridgehead atoms. The number of rotatable bonds is 5. The number of nitrogens with zero attached hydrogens (tertiary/aromatic N) is 2. The Bertz CT molecular complexity index is 644. The van der Waals surface area contributed by atoms with Gasteiger partial charge in [0.2, 0.25) is 5.91 Å². The van der Waals surface area contributed by atoms with Gasteiger partial charge < -0.3 is 10.0 Å². The minimum absolute atomic E-state index is 0.0404. The van der Waals surface area contributed by atoms with Gasteiger partial charge in [-0.2, -0.15) is 0 Å². The Morgan fingerprint density at radius 3 is 2.72 bits per heavy atom. The molecule has 1 atom stereocenters. The van der Waals surface area contributed by atoms with Crippen LogP contribution in [0.2, 0.25) is 0 Å². The standard InChI is InChI=1S/C20H28N2O3/c1-15(23)22(14-20(24)25)19-6-3-10-21(11-9-19)13-16-7-8-17-4-2-5-18(17)12-16/h7-8,12,19H,2-6,9-11,13-14H2,1H3,(H,24,25). The number of carbonyl (C=O) groups is 2. The van der Waals surface area contributed by atoms with Gasteiger partial charge in [-0.3, -0.25) is 14.5 Å². The second-order valence-corrected chi connectivity index (χ2v) is 7.36. The van der Waals surface area contributed by atoms with E-state index in [1.807, 2.05) is 0 Å². The second kappa shape index (κ2) is 8.00. The molecule has 0 aromatic heterocycles. The summed E-state index contributed by atoms with van der Waals surface area (Å²) in [5.41, 5.74) is 4.38. The highest BCUT2D eigenvalue weighted by Gasteiger charge is 2.26. The van der Waals surface area contributed by atoms with Crippen LogP contribution in [0.1, 0.15) is 49.3 Å². The molecule has 1 amide bonds. The summed E-state index contributed by atoms with van der Waals surface area (Å²) >= 11 is 0. The number of aliphatic carboxylic acids is 1. The zero-order valence-corrected chi connectivity index (χ0v) is 15.0. The normalized spacial score (nSPS) is 20.8. The quantitative estimate of drug-likeness (QED) is 0.891. The lowest BCUT2D eigenvalue weighted by Crippen LogP contribution is -2.42. The zero-order chi connectivity index (χ0) is 17.8. The van der Waals surface area contributed by atoms with Crippen LogP contribution < -0.4 is 0 Å². The maximum absolute atomic E-state index is 11.8. The molecule has 1 aliphatic heterocycles. The SMILES string of the molecule is CC(=O)N(CC(=O)O)C1CCCN(Cc2ccc3c(c2)CCC3)CC1. The van der Waals surface area contributed by atoms with E-state index in [9.17, 15) is 9.59 Å². The Morgan fingerprint density at radius 1 is 1.16 bits per heavy atom. The first-order valence-electron chi connectivity index (χ1n) is 9.35. The van der Waals surface area contributed by atoms with Gasteiger partial charge in [-0.25, -0.2) is 0 Å². The number of hydrogen-bond donors (Lipinski definition) is 1. The molecule has 136 valence electrons. The van der Waals surface area contributed by atoms with Gasteiger partial charge in [-0.1, -0.05) is 18.2 Å². The number of likely N-dealkylation sites (tertiary alicyclic amines) is 1. The molecule has 1 fully saturated rings. The Kier molecular flexibility index (Phi) is 5.74. The van der Waals surface area contributed by atoms with Crippen LogP contribution in [-0.2, 0) is 29.0 Å². The molecular weight excluding hydrogens is 316 g/mol. The fourth-order valence-electron chi connectivity index (χ4n) is 4.23. The highest BCUT2D eigenvalue weighted by Crippen LogP contribution is 2.24. The van der Waals surface area contributed by atoms with Gasteiger partial charge in [0.15, 0.2) is 0 Å². The van der Waals surface area contributed by atoms with Crippen molar-refractivity contribution >= 4 is 11.9 Å². The van der Waals surface area contributed by atoms with Crippen molar-refractivity contribution in [2.75, 3.05) is 19.6 Å². The van der Waals surface area contributed by atoms with Crippen molar-refractivity contribution in [3.05, 3.63) is 34.9 Å². The largest absolute Gasteiger partial charge is 0.480 e. The van der Waals surface area contributed by atoms with Gasteiger partial charge >= 0.3 is 5.97 Å². The smallest absolute Gasteiger partial charge is 0.323 e. The Hall–Kier alpha value is -1.88. The highest BCUT2D eigenvalue weighted by molar-refractivity contribution is 5.79. The third kappa shape index (κ3) is 4.60. The lowest BCUT2D eigenvalue weighted by atomic mass is 10.1. The van der Waals surface area contributed by atoms with Gasteiger partial charge in [0, 0.05) is 26.1 Å². The summed E-state index contributed by atoms with van der Waals surface area (Å²) < 4.78 is 0. The average molecular weight is 344 g/mol. The molecule has 1 aliphatic carbocycles. The van der Waals surface area contributed by atoms with E-state index in [-0.39, 0.29) is 18.5 Å². The summed E-state index contributed by atoms with van der Waals surface area (Å²) in [4.78, 5) is 26.8. The minimum Gasteiger partial charge on any atom is -0.480 e. The van der Waals surface area contributed by atoms with Crippen LogP contribution in [0.3, 0.4) is 0 Å². The lowest BCUT2D eigenvalue weighted by molar-refractivity contribution is -0.145. The van der Waals surface area contributed by atoms with E-state index >= 15 is 0 Å². The molecule has 1 aromatic carbocycles. The van der Waals surface area contributed by atoms with Crippen molar-refractivity contribution in [2.45, 2.75) is 58.0 Å². The molecule has 1 heterocycles. The van der Waals surface area contributed by atoms with Crippen molar-refractivity contribution in [1.29, 1.82) is 0 Å². The number of amides is 1. The van der Waals surface area contributed by atoms with Crippen LogP contribution in [-0.4, -0.2) is 52.5 Å². The first-order chi connectivity index (χ1) is 12.0. The highest BCUT2D eigenvalue weighted by atomic mass is 16.4. The van der Waals surface area contributed by atoms with Crippen LogP contribution in [0.15, 0.2) is 18.2 Å². The molecule has 5 heteroatoms. The molecule has 1 unspecified atom stereocenters. The lowest BCUT2D eigenvalue weighted by Gasteiger charge is -2.29. The fourth-order valence-corrected chi connectivity index (χ4v) is 4.23. The third-order valence-electron chi connectivity index (χ3n) is 5.51. The van der Waals surface area contributed by atoms with E-state index < -0.39 is 5.97 Å². The average Bonchev–Trinajstić information content (AvgIpc) is 2.91. The summed E-state index contributed by atoms with van der Waals surface area (Å²) in [6, 6.07) is 6.93. The molecular formula is C20H28N2O3. The summed E-state index contributed by atoms with van der Waals surface area (Å²) in [5, 5.41) is 9.05. The molecule has 0 saturated carbocycles. The summed E-state index contributed by atoms with van der Waals surface area (Å²) in [6.45, 7) is 4.14. The Balaban J connectivity index is 1.59. The molecule has 0 radical (unpaired) electrons. The number of carboxylic acids is 1. The molecule has 25 heavy (non-hydrogen) atoms. The third-order valence-corrected chi connectivity index (χ3v) is 5.51. The predicted molar refractivity (Wildman–Crippen MR) is 96.4 cm³/mol. The van der Waals surface area contributed by atoms with Crippen molar-refractivity contribution < 1.29 is 14.7 Å². The number of aryl methyl sites for hydroxylation is 2. The van der Waals surface area contributed by atoms with Crippen LogP contribution >= 0.6 is 0 Å². The molecule has 1 saturated heterocycles. The number of carbonyl (C=O) groups excluding carboxylic acids is 1. The Labute approximate surface area is 149 Å². The molecule has 0 spiro atoms. The predicted octanol–water partition coefficient (Wildman–Crippen LogP) is 2.46. The van der Waals surface area contributed by atoms with E-state index in [0.717, 1.165) is 38.9 Å². The number of carboxylic acid groups (broad SMARTS) is 1. The van der Waals surface area contributed by atoms with Gasteiger partial charge in [-0.05, 0) is 61.8 Å². The number of hydrogen-bond acceptors (Lipinski definition) is 3. The van der Waals surface area contributed by atoms with Crippen molar-refractivity contribution in [3.63, 3.8) is 0 Å². The molecule has 1 aromatic rings. The van der Waals surface area contributed by atoms with E-state index in [1.54, 1.807) is 0 Å². The van der Waals surface area contributed by atoms with E-state index in [0.29, 0.717) is 0 Å². The maximum Gasteiger partial charge on any atom is 0.323 e. The van der Waals surface area contributed by atoms with Crippen LogP contribution in [0.4, 0.5) is 0 Å². The van der Waals surface area contributed by atoms with E-state index in [2.05, 4.69) is 23.1 Å². The monoisotopic (exact) mass is 344 g/mol. The Morgan fingerprint density at radius 2 is 1.96 bits per heavy atom.